The highest BCUT2D eigenvalue weighted by molar-refractivity contribution is 5.95. The van der Waals surface area contributed by atoms with E-state index in [1.54, 1.807) is 18.2 Å². The van der Waals surface area contributed by atoms with Gasteiger partial charge in [0.15, 0.2) is 0 Å². The van der Waals surface area contributed by atoms with Crippen molar-refractivity contribution in [2.45, 2.75) is 26.2 Å². The van der Waals surface area contributed by atoms with Crippen molar-refractivity contribution >= 4 is 18.0 Å². The number of carbonyl (C=O) groups excluding carboxylic acids is 1. The number of carboxylic acids is 1. The lowest BCUT2D eigenvalue weighted by Gasteiger charge is -2.25. The molecule has 0 aromatic heterocycles. The molecule has 1 aromatic carbocycles. The van der Waals surface area contributed by atoms with Crippen molar-refractivity contribution in [3.8, 4) is 0 Å². The Kier molecular flexibility index (Phi) is 4.56. The summed E-state index contributed by atoms with van der Waals surface area (Å²) < 4.78 is 0. The van der Waals surface area contributed by atoms with Gasteiger partial charge in [-0.3, -0.25) is 4.79 Å². The molecule has 1 aliphatic carbocycles. The van der Waals surface area contributed by atoms with Crippen LogP contribution in [0.15, 0.2) is 24.3 Å². The first-order chi connectivity index (χ1) is 9.56. The zero-order chi connectivity index (χ0) is 14.5. The molecule has 4 heteroatoms. The molecule has 0 bridgehead atoms. The summed E-state index contributed by atoms with van der Waals surface area (Å²) >= 11 is 0. The zero-order valence-corrected chi connectivity index (χ0v) is 11.6. The van der Waals surface area contributed by atoms with Crippen molar-refractivity contribution in [1.82, 2.24) is 5.32 Å². The van der Waals surface area contributed by atoms with E-state index >= 15 is 0 Å². The largest absolute Gasteiger partial charge is 0.478 e. The van der Waals surface area contributed by atoms with Crippen LogP contribution in [-0.2, 0) is 4.79 Å². The molecule has 1 fully saturated rings. The van der Waals surface area contributed by atoms with Crippen molar-refractivity contribution in [3.63, 3.8) is 0 Å². The number of carbonyl (C=O) groups is 2. The van der Waals surface area contributed by atoms with Gasteiger partial charge >= 0.3 is 5.97 Å². The summed E-state index contributed by atoms with van der Waals surface area (Å²) in [5, 5.41) is 11.6. The monoisotopic (exact) mass is 273 g/mol. The Bertz CT molecular complexity index is 545. The Morgan fingerprint density at radius 1 is 1.40 bits per heavy atom. The predicted octanol–water partition coefficient (Wildman–Crippen LogP) is 2.62. The Labute approximate surface area is 118 Å². The summed E-state index contributed by atoms with van der Waals surface area (Å²) in [6, 6.07) is 5.29. The second-order valence-corrected chi connectivity index (χ2v) is 5.25. The highest BCUT2D eigenvalue weighted by atomic mass is 16.4. The van der Waals surface area contributed by atoms with Gasteiger partial charge in [0.25, 0.3) is 5.91 Å². The van der Waals surface area contributed by atoms with E-state index in [-0.39, 0.29) is 5.91 Å². The standard InChI is InChI=1S/C16H19NO3/c1-11-9-14(6-5-13(11)7-8-15(18)19)16(20)17-10-12-3-2-4-12/h5-9,12H,2-4,10H2,1H3,(H,17,20)(H,18,19)/b8-7+. The second-order valence-electron chi connectivity index (χ2n) is 5.25. The third-order valence-electron chi connectivity index (χ3n) is 3.71. The fraction of sp³-hybridized carbons (Fsp3) is 0.375. The number of nitrogens with one attached hydrogen (secondary N) is 1. The van der Waals surface area contributed by atoms with Gasteiger partial charge < -0.3 is 10.4 Å². The first kappa shape index (κ1) is 14.3. The Morgan fingerprint density at radius 2 is 2.15 bits per heavy atom. The molecule has 2 N–H and O–H groups in total. The number of amides is 1. The summed E-state index contributed by atoms with van der Waals surface area (Å²) in [6.45, 7) is 2.61. The molecular formula is C16H19NO3. The number of rotatable bonds is 5. The molecule has 1 aliphatic rings. The Morgan fingerprint density at radius 3 is 2.70 bits per heavy atom. The SMILES string of the molecule is Cc1cc(C(=O)NCC2CCC2)ccc1/C=C/C(=O)O. The average molecular weight is 273 g/mol. The predicted molar refractivity (Wildman–Crippen MR) is 77.5 cm³/mol. The highest BCUT2D eigenvalue weighted by Crippen LogP contribution is 2.25. The van der Waals surface area contributed by atoms with Gasteiger partial charge in [0.1, 0.15) is 0 Å². The molecule has 2 rings (SSSR count). The van der Waals surface area contributed by atoms with E-state index in [1.165, 1.54) is 25.3 Å². The summed E-state index contributed by atoms with van der Waals surface area (Å²) in [7, 11) is 0. The van der Waals surface area contributed by atoms with Crippen LogP contribution in [0.3, 0.4) is 0 Å². The molecule has 0 atom stereocenters. The third-order valence-corrected chi connectivity index (χ3v) is 3.71. The second kappa shape index (κ2) is 6.37. The summed E-state index contributed by atoms with van der Waals surface area (Å²) in [6.07, 6.45) is 6.31. The summed E-state index contributed by atoms with van der Waals surface area (Å²) in [5.41, 5.74) is 2.32. The summed E-state index contributed by atoms with van der Waals surface area (Å²) in [5.74, 6) is -0.404. The van der Waals surface area contributed by atoms with Crippen LogP contribution in [0.25, 0.3) is 6.08 Å². The fourth-order valence-corrected chi connectivity index (χ4v) is 2.20. The first-order valence-corrected chi connectivity index (χ1v) is 6.86. The van der Waals surface area contributed by atoms with Crippen molar-refractivity contribution in [3.05, 3.63) is 41.0 Å². The topological polar surface area (TPSA) is 66.4 Å². The van der Waals surface area contributed by atoms with Crippen LogP contribution >= 0.6 is 0 Å². The van der Waals surface area contributed by atoms with E-state index in [0.29, 0.717) is 11.5 Å². The minimum Gasteiger partial charge on any atom is -0.478 e. The number of hydrogen-bond acceptors (Lipinski definition) is 2. The number of hydrogen-bond donors (Lipinski definition) is 2. The number of aliphatic carboxylic acids is 1. The van der Waals surface area contributed by atoms with Crippen LogP contribution in [0.5, 0.6) is 0 Å². The minimum atomic E-state index is -0.980. The zero-order valence-electron chi connectivity index (χ0n) is 11.6. The Balaban J connectivity index is 1.99. The number of aryl methyl sites for hydroxylation is 1. The highest BCUT2D eigenvalue weighted by Gasteiger charge is 2.18. The smallest absolute Gasteiger partial charge is 0.328 e. The van der Waals surface area contributed by atoms with E-state index < -0.39 is 5.97 Å². The lowest BCUT2D eigenvalue weighted by Crippen LogP contribution is -2.32. The molecule has 0 aliphatic heterocycles. The van der Waals surface area contributed by atoms with Crippen molar-refractivity contribution in [1.29, 1.82) is 0 Å². The Hall–Kier alpha value is -2.10. The van der Waals surface area contributed by atoms with Gasteiger partial charge in [-0.2, -0.15) is 0 Å². The molecule has 1 aromatic rings. The van der Waals surface area contributed by atoms with Crippen LogP contribution in [0.1, 0.15) is 40.7 Å². The normalized spacial score (nSPS) is 15.1. The van der Waals surface area contributed by atoms with E-state index in [0.717, 1.165) is 23.7 Å². The third kappa shape index (κ3) is 3.70. The van der Waals surface area contributed by atoms with Gasteiger partial charge in [0.05, 0.1) is 0 Å². The van der Waals surface area contributed by atoms with Crippen molar-refractivity contribution in [2.24, 2.45) is 5.92 Å². The van der Waals surface area contributed by atoms with E-state index in [2.05, 4.69) is 5.32 Å². The van der Waals surface area contributed by atoms with Crippen molar-refractivity contribution in [2.75, 3.05) is 6.54 Å². The molecule has 20 heavy (non-hydrogen) atoms. The molecule has 1 amide bonds. The molecule has 0 radical (unpaired) electrons. The van der Waals surface area contributed by atoms with E-state index in [1.807, 2.05) is 6.92 Å². The van der Waals surface area contributed by atoms with Crippen LogP contribution < -0.4 is 5.32 Å². The first-order valence-electron chi connectivity index (χ1n) is 6.86. The molecular weight excluding hydrogens is 254 g/mol. The van der Waals surface area contributed by atoms with Gasteiger partial charge in [0.2, 0.25) is 0 Å². The van der Waals surface area contributed by atoms with Gasteiger partial charge in [-0.25, -0.2) is 4.79 Å². The van der Waals surface area contributed by atoms with E-state index in [9.17, 15) is 9.59 Å². The minimum absolute atomic E-state index is 0.0613. The fourth-order valence-electron chi connectivity index (χ4n) is 2.20. The molecule has 106 valence electrons. The van der Waals surface area contributed by atoms with Crippen LogP contribution in [-0.4, -0.2) is 23.5 Å². The molecule has 4 nitrogen and oxygen atoms in total. The van der Waals surface area contributed by atoms with Gasteiger partial charge in [-0.05, 0) is 55.0 Å². The van der Waals surface area contributed by atoms with Gasteiger partial charge in [-0.1, -0.05) is 12.5 Å². The quantitative estimate of drug-likeness (QED) is 0.810. The maximum atomic E-state index is 12.0. The maximum Gasteiger partial charge on any atom is 0.328 e. The molecule has 0 unspecified atom stereocenters. The van der Waals surface area contributed by atoms with Gasteiger partial charge in [0, 0.05) is 18.2 Å². The maximum absolute atomic E-state index is 12.0. The molecule has 0 saturated heterocycles. The summed E-state index contributed by atoms with van der Waals surface area (Å²) in [4.78, 5) is 22.5. The molecule has 0 heterocycles. The van der Waals surface area contributed by atoms with E-state index in [4.69, 9.17) is 5.11 Å². The van der Waals surface area contributed by atoms with Gasteiger partial charge in [-0.15, -0.1) is 0 Å². The van der Waals surface area contributed by atoms with Crippen molar-refractivity contribution < 1.29 is 14.7 Å². The lowest BCUT2D eigenvalue weighted by molar-refractivity contribution is -0.131. The number of carboxylic acid groups (broad SMARTS) is 1. The number of benzene rings is 1. The van der Waals surface area contributed by atoms with Crippen LogP contribution in [0, 0.1) is 12.8 Å². The lowest BCUT2D eigenvalue weighted by atomic mass is 9.85. The molecule has 1 saturated carbocycles. The molecule has 0 spiro atoms. The average Bonchev–Trinajstić information content (AvgIpc) is 2.35. The van der Waals surface area contributed by atoms with Crippen LogP contribution in [0.4, 0.5) is 0 Å². The van der Waals surface area contributed by atoms with Crippen LogP contribution in [0.2, 0.25) is 0 Å².